The van der Waals surface area contributed by atoms with Crippen LogP contribution in [0.25, 0.3) is 11.3 Å². The molecular weight excluding hydrogens is 433 g/mol. The molecule has 0 saturated carbocycles. The lowest BCUT2D eigenvalue weighted by molar-refractivity contribution is 0.102. The molecule has 158 valence electrons. The van der Waals surface area contributed by atoms with Crippen molar-refractivity contribution in [3.63, 3.8) is 0 Å². The highest BCUT2D eigenvalue weighted by atomic mass is 35.5. The van der Waals surface area contributed by atoms with E-state index in [1.54, 1.807) is 12.1 Å². The highest BCUT2D eigenvalue weighted by Gasteiger charge is 2.17. The summed E-state index contributed by atoms with van der Waals surface area (Å²) in [5, 5.41) is 15.6. The van der Waals surface area contributed by atoms with Crippen LogP contribution < -0.4 is 5.32 Å². The molecular formula is C23H21Cl2N5O. The fourth-order valence-electron chi connectivity index (χ4n) is 3.33. The number of benzene rings is 2. The predicted molar refractivity (Wildman–Crippen MR) is 124 cm³/mol. The second kappa shape index (κ2) is 8.57. The number of hydrogen-bond acceptors (Lipinski definition) is 3. The molecule has 1 amide bonds. The van der Waals surface area contributed by atoms with E-state index in [-0.39, 0.29) is 5.91 Å². The number of carbonyl (C=O) groups is 1. The van der Waals surface area contributed by atoms with E-state index in [4.69, 9.17) is 23.2 Å². The first kappa shape index (κ1) is 21.2. The molecule has 0 fully saturated rings. The molecule has 2 heterocycles. The molecule has 4 rings (SSSR count). The van der Waals surface area contributed by atoms with Gasteiger partial charge in [0.1, 0.15) is 5.69 Å². The van der Waals surface area contributed by atoms with E-state index in [0.717, 1.165) is 22.5 Å². The molecule has 2 aromatic heterocycles. The van der Waals surface area contributed by atoms with E-state index in [1.807, 2.05) is 61.9 Å². The summed E-state index contributed by atoms with van der Waals surface area (Å²) < 4.78 is 1.83. The van der Waals surface area contributed by atoms with E-state index in [1.165, 1.54) is 5.56 Å². The van der Waals surface area contributed by atoms with Crippen LogP contribution in [0.3, 0.4) is 0 Å². The van der Waals surface area contributed by atoms with Gasteiger partial charge in [-0.15, -0.1) is 0 Å². The molecule has 6 nitrogen and oxygen atoms in total. The van der Waals surface area contributed by atoms with Gasteiger partial charge in [0.15, 0.2) is 0 Å². The van der Waals surface area contributed by atoms with Crippen LogP contribution in [0.4, 0.5) is 5.69 Å². The zero-order valence-electron chi connectivity index (χ0n) is 17.3. The number of rotatable bonds is 5. The average molecular weight is 454 g/mol. The fourth-order valence-corrected chi connectivity index (χ4v) is 3.65. The van der Waals surface area contributed by atoms with Gasteiger partial charge in [0.25, 0.3) is 5.91 Å². The lowest BCUT2D eigenvalue weighted by Crippen LogP contribution is -2.14. The molecule has 2 N–H and O–H groups in total. The van der Waals surface area contributed by atoms with Crippen LogP contribution in [-0.2, 0) is 6.54 Å². The minimum atomic E-state index is -0.272. The number of nitrogens with one attached hydrogen (secondary N) is 2. The Labute approximate surface area is 190 Å². The number of halogens is 2. The van der Waals surface area contributed by atoms with Gasteiger partial charge in [-0.25, -0.2) is 0 Å². The highest BCUT2D eigenvalue weighted by molar-refractivity contribution is 6.42. The molecule has 8 heteroatoms. The normalized spacial score (nSPS) is 11.0. The number of amides is 1. The average Bonchev–Trinajstić information content (AvgIpc) is 3.33. The Morgan fingerprint density at radius 3 is 2.48 bits per heavy atom. The number of aromatic nitrogens is 4. The van der Waals surface area contributed by atoms with Gasteiger partial charge < -0.3 is 5.32 Å². The smallest absolute Gasteiger partial charge is 0.273 e. The second-order valence-corrected chi connectivity index (χ2v) is 8.25. The summed E-state index contributed by atoms with van der Waals surface area (Å²) in [6.45, 7) is 6.32. The van der Waals surface area contributed by atoms with Crippen LogP contribution in [0.5, 0.6) is 0 Å². The third-order valence-electron chi connectivity index (χ3n) is 5.11. The van der Waals surface area contributed by atoms with Gasteiger partial charge in [-0.2, -0.15) is 10.2 Å². The molecule has 0 radical (unpaired) electrons. The standard InChI is InChI=1S/C23H21Cl2N5O/c1-13-4-7-17(8-5-13)20-11-21(28-27-20)23(31)26-22-14(2)29-30(15(22)3)12-16-6-9-18(24)19(25)10-16/h4-11H,12H2,1-3H3,(H,26,31)(H,27,28). The fraction of sp³-hybridized carbons (Fsp3) is 0.174. The van der Waals surface area contributed by atoms with E-state index < -0.39 is 0 Å². The molecule has 0 saturated heterocycles. The zero-order valence-corrected chi connectivity index (χ0v) is 18.8. The summed E-state index contributed by atoms with van der Waals surface area (Å²) >= 11 is 12.1. The summed E-state index contributed by atoms with van der Waals surface area (Å²) in [5.41, 5.74) is 6.43. The van der Waals surface area contributed by atoms with Crippen molar-refractivity contribution in [1.82, 2.24) is 20.0 Å². The summed E-state index contributed by atoms with van der Waals surface area (Å²) in [6.07, 6.45) is 0. The first-order valence-electron chi connectivity index (χ1n) is 9.73. The van der Waals surface area contributed by atoms with Crippen molar-refractivity contribution in [2.24, 2.45) is 0 Å². The van der Waals surface area contributed by atoms with Crippen molar-refractivity contribution in [2.45, 2.75) is 27.3 Å². The first-order valence-corrected chi connectivity index (χ1v) is 10.5. The van der Waals surface area contributed by atoms with Crippen LogP contribution in [0, 0.1) is 20.8 Å². The molecule has 0 unspecified atom stereocenters. The van der Waals surface area contributed by atoms with E-state index >= 15 is 0 Å². The first-order chi connectivity index (χ1) is 14.8. The van der Waals surface area contributed by atoms with Crippen molar-refractivity contribution in [2.75, 3.05) is 5.32 Å². The van der Waals surface area contributed by atoms with Crippen molar-refractivity contribution in [3.8, 4) is 11.3 Å². The van der Waals surface area contributed by atoms with E-state index in [9.17, 15) is 4.79 Å². The number of anilines is 1. The molecule has 2 aromatic carbocycles. The van der Waals surface area contributed by atoms with Crippen LogP contribution in [0.15, 0.2) is 48.5 Å². The van der Waals surface area contributed by atoms with Gasteiger partial charge >= 0.3 is 0 Å². The Hall–Kier alpha value is -3.09. The van der Waals surface area contributed by atoms with E-state index in [0.29, 0.717) is 33.7 Å². The molecule has 0 bridgehead atoms. The van der Waals surface area contributed by atoms with Crippen LogP contribution in [0.2, 0.25) is 10.0 Å². The topological polar surface area (TPSA) is 75.6 Å². The van der Waals surface area contributed by atoms with Gasteiger partial charge in [-0.1, -0.05) is 59.1 Å². The second-order valence-electron chi connectivity index (χ2n) is 7.44. The van der Waals surface area contributed by atoms with Crippen molar-refractivity contribution < 1.29 is 4.79 Å². The molecule has 0 aliphatic rings. The number of H-pyrrole nitrogens is 1. The number of nitrogens with zero attached hydrogens (tertiary/aromatic N) is 3. The number of aromatic amines is 1. The zero-order chi connectivity index (χ0) is 22.1. The number of aryl methyl sites for hydroxylation is 2. The Morgan fingerprint density at radius 2 is 1.77 bits per heavy atom. The van der Waals surface area contributed by atoms with Crippen LogP contribution in [-0.4, -0.2) is 25.9 Å². The van der Waals surface area contributed by atoms with Gasteiger partial charge in [-0.05, 0) is 44.5 Å². The van der Waals surface area contributed by atoms with Crippen molar-refractivity contribution in [1.29, 1.82) is 0 Å². The Bertz CT molecular complexity index is 1260. The Balaban J connectivity index is 1.52. The van der Waals surface area contributed by atoms with Crippen LogP contribution in [0.1, 0.15) is 33.0 Å². The Morgan fingerprint density at radius 1 is 1.03 bits per heavy atom. The molecule has 0 aliphatic carbocycles. The highest BCUT2D eigenvalue weighted by Crippen LogP contribution is 2.25. The minimum absolute atomic E-state index is 0.272. The lowest BCUT2D eigenvalue weighted by Gasteiger charge is -2.07. The van der Waals surface area contributed by atoms with E-state index in [2.05, 4.69) is 20.6 Å². The predicted octanol–water partition coefficient (Wildman–Crippen LogP) is 5.81. The van der Waals surface area contributed by atoms with Gasteiger partial charge in [0.2, 0.25) is 0 Å². The summed E-state index contributed by atoms with van der Waals surface area (Å²) in [7, 11) is 0. The van der Waals surface area contributed by atoms with Gasteiger partial charge in [0, 0.05) is 5.56 Å². The third-order valence-corrected chi connectivity index (χ3v) is 5.85. The maximum atomic E-state index is 12.8. The lowest BCUT2D eigenvalue weighted by atomic mass is 10.1. The summed E-state index contributed by atoms with van der Waals surface area (Å²) in [4.78, 5) is 12.8. The summed E-state index contributed by atoms with van der Waals surface area (Å²) in [5.74, 6) is -0.272. The summed E-state index contributed by atoms with van der Waals surface area (Å²) in [6, 6.07) is 15.2. The minimum Gasteiger partial charge on any atom is -0.318 e. The third kappa shape index (κ3) is 4.50. The van der Waals surface area contributed by atoms with Gasteiger partial charge in [-0.3, -0.25) is 14.6 Å². The molecule has 31 heavy (non-hydrogen) atoms. The number of carbonyl (C=O) groups excluding carboxylic acids is 1. The van der Waals surface area contributed by atoms with Gasteiger partial charge in [0.05, 0.1) is 39.4 Å². The molecule has 0 aliphatic heterocycles. The molecule has 4 aromatic rings. The maximum absolute atomic E-state index is 12.8. The van der Waals surface area contributed by atoms with Crippen LogP contribution >= 0.6 is 23.2 Å². The SMILES string of the molecule is Cc1ccc(-c2cc(C(=O)Nc3c(C)nn(Cc4ccc(Cl)c(Cl)c4)c3C)[nH]n2)cc1. The maximum Gasteiger partial charge on any atom is 0.273 e. The molecule has 0 spiro atoms. The Kier molecular flexibility index (Phi) is 5.85. The molecule has 0 atom stereocenters. The largest absolute Gasteiger partial charge is 0.318 e. The monoisotopic (exact) mass is 453 g/mol. The van der Waals surface area contributed by atoms with Crippen molar-refractivity contribution >= 4 is 34.8 Å². The van der Waals surface area contributed by atoms with Crippen molar-refractivity contribution in [3.05, 3.63) is 86.8 Å². The quantitative estimate of drug-likeness (QED) is 0.400. The number of hydrogen-bond donors (Lipinski definition) is 2.